The van der Waals surface area contributed by atoms with E-state index in [1.807, 2.05) is 6.07 Å². The minimum Gasteiger partial charge on any atom is -0.501 e. The summed E-state index contributed by atoms with van der Waals surface area (Å²) in [5.41, 5.74) is -0.346. The maximum Gasteiger partial charge on any atom is 0.297 e. The first-order valence-corrected chi connectivity index (χ1v) is 9.29. The fourth-order valence-electron chi connectivity index (χ4n) is 3.72. The van der Waals surface area contributed by atoms with Crippen LogP contribution in [0.3, 0.4) is 0 Å². The predicted octanol–water partition coefficient (Wildman–Crippen LogP) is 2.96. The Hall–Kier alpha value is -4.45. The molecule has 0 fully saturated rings. The van der Waals surface area contributed by atoms with Crippen LogP contribution in [-0.4, -0.2) is 26.9 Å². The molecule has 2 aromatic carbocycles. The van der Waals surface area contributed by atoms with Gasteiger partial charge in [0.1, 0.15) is 23.1 Å². The van der Waals surface area contributed by atoms with Gasteiger partial charge in [0.25, 0.3) is 11.3 Å². The Bertz CT molecular complexity index is 1300. The third-order valence-electron chi connectivity index (χ3n) is 5.23. The third kappa shape index (κ3) is 3.30. The molecule has 1 unspecified atom stereocenters. The zero-order valence-electron chi connectivity index (χ0n) is 16.3. The second kappa shape index (κ2) is 7.76. The number of nitro groups is 1. The van der Waals surface area contributed by atoms with E-state index in [4.69, 9.17) is 4.74 Å². The van der Waals surface area contributed by atoms with Crippen LogP contribution >= 0.6 is 0 Å². The molecule has 4 rings (SSSR count). The molecule has 1 atom stereocenters. The van der Waals surface area contributed by atoms with Crippen molar-refractivity contribution in [3.8, 4) is 17.5 Å². The number of aromatic nitrogens is 2. The van der Waals surface area contributed by atoms with Crippen molar-refractivity contribution in [2.24, 2.45) is 0 Å². The Labute approximate surface area is 176 Å². The van der Waals surface area contributed by atoms with E-state index in [1.54, 1.807) is 54.6 Å². The first-order chi connectivity index (χ1) is 15.0. The number of aliphatic hydroxyl groups is 1. The highest BCUT2D eigenvalue weighted by molar-refractivity contribution is 5.67. The van der Waals surface area contributed by atoms with E-state index in [1.165, 1.54) is 7.11 Å². The van der Waals surface area contributed by atoms with Crippen LogP contribution in [0.1, 0.15) is 28.3 Å². The average Bonchev–Trinajstić information content (AvgIpc) is 2.79. The SMILES string of the molecule is COc1ccc(-n2nc3c(c(C#N)c2=O)CC(c2ccccc2)C([N+](=O)[O-])=C3O)cc1. The molecule has 154 valence electrons. The second-order valence-corrected chi connectivity index (χ2v) is 6.89. The van der Waals surface area contributed by atoms with Crippen LogP contribution in [0.25, 0.3) is 11.4 Å². The Morgan fingerprint density at radius 1 is 1.23 bits per heavy atom. The lowest BCUT2D eigenvalue weighted by Gasteiger charge is -2.23. The molecule has 1 aromatic heterocycles. The van der Waals surface area contributed by atoms with Gasteiger partial charge in [0, 0.05) is 5.56 Å². The largest absolute Gasteiger partial charge is 0.501 e. The number of nitrogens with zero attached hydrogens (tertiary/aromatic N) is 4. The molecule has 3 aromatic rings. The molecule has 1 aliphatic rings. The fraction of sp³-hybridized carbons (Fsp3) is 0.136. The molecule has 0 aliphatic heterocycles. The van der Waals surface area contributed by atoms with Crippen molar-refractivity contribution in [3.05, 3.63) is 103 Å². The molecule has 0 amide bonds. The average molecular weight is 416 g/mol. The number of aliphatic hydroxyl groups excluding tert-OH is 1. The van der Waals surface area contributed by atoms with Gasteiger partial charge in [-0.25, -0.2) is 0 Å². The molecular formula is C22H16N4O5. The van der Waals surface area contributed by atoms with Crippen LogP contribution in [-0.2, 0) is 6.42 Å². The molecule has 0 spiro atoms. The standard InChI is InChI=1S/C22H16N4O5/c1-31-15-9-7-14(8-10-15)25-22(28)18(12-23)17-11-16(13-5-3-2-4-6-13)20(26(29)30)21(27)19(17)24-25/h2-10,16,27H,11H2,1H3. The van der Waals surface area contributed by atoms with Crippen LogP contribution in [0.5, 0.6) is 5.75 Å². The summed E-state index contributed by atoms with van der Waals surface area (Å²) < 4.78 is 6.05. The minimum atomic E-state index is -0.825. The van der Waals surface area contributed by atoms with Crippen molar-refractivity contribution < 1.29 is 14.8 Å². The number of allylic oxidation sites excluding steroid dienone is 1. The highest BCUT2D eigenvalue weighted by Gasteiger charge is 2.40. The number of ether oxygens (including phenoxy) is 1. The molecule has 31 heavy (non-hydrogen) atoms. The van der Waals surface area contributed by atoms with E-state index in [-0.39, 0.29) is 23.2 Å². The molecular weight excluding hydrogens is 400 g/mol. The van der Waals surface area contributed by atoms with E-state index in [2.05, 4.69) is 5.10 Å². The quantitative estimate of drug-likeness (QED) is 0.511. The molecule has 0 saturated carbocycles. The summed E-state index contributed by atoms with van der Waals surface area (Å²) in [7, 11) is 1.50. The van der Waals surface area contributed by atoms with Gasteiger partial charge in [-0.2, -0.15) is 15.0 Å². The zero-order valence-corrected chi connectivity index (χ0v) is 16.3. The van der Waals surface area contributed by atoms with E-state index in [0.29, 0.717) is 17.0 Å². The van der Waals surface area contributed by atoms with Gasteiger partial charge >= 0.3 is 0 Å². The van der Waals surface area contributed by atoms with Gasteiger partial charge in [-0.05, 0) is 36.2 Å². The monoisotopic (exact) mass is 416 g/mol. The molecule has 9 heteroatoms. The number of hydrogen-bond acceptors (Lipinski definition) is 7. The van der Waals surface area contributed by atoms with Gasteiger partial charge in [-0.1, -0.05) is 30.3 Å². The molecule has 1 aliphatic carbocycles. The van der Waals surface area contributed by atoms with Crippen molar-refractivity contribution in [2.75, 3.05) is 7.11 Å². The topological polar surface area (TPSA) is 131 Å². The highest BCUT2D eigenvalue weighted by Crippen LogP contribution is 2.39. The molecule has 0 radical (unpaired) electrons. The Kier molecular flexibility index (Phi) is 4.97. The number of benzene rings is 2. The summed E-state index contributed by atoms with van der Waals surface area (Å²) in [5.74, 6) is -0.924. The van der Waals surface area contributed by atoms with E-state index >= 15 is 0 Å². The summed E-state index contributed by atoms with van der Waals surface area (Å²) in [6, 6.07) is 16.9. The summed E-state index contributed by atoms with van der Waals surface area (Å²) in [4.78, 5) is 24.2. The fourth-order valence-corrected chi connectivity index (χ4v) is 3.72. The van der Waals surface area contributed by atoms with Gasteiger partial charge in [-0.15, -0.1) is 0 Å². The zero-order chi connectivity index (χ0) is 22.1. The van der Waals surface area contributed by atoms with Crippen molar-refractivity contribution in [1.82, 2.24) is 9.78 Å². The van der Waals surface area contributed by atoms with Crippen molar-refractivity contribution in [3.63, 3.8) is 0 Å². The molecule has 9 nitrogen and oxygen atoms in total. The summed E-state index contributed by atoms with van der Waals surface area (Å²) >= 11 is 0. The normalized spacial score (nSPS) is 15.2. The minimum absolute atomic E-state index is 0.00565. The Morgan fingerprint density at radius 2 is 1.90 bits per heavy atom. The van der Waals surface area contributed by atoms with Gasteiger partial charge in [-0.3, -0.25) is 14.9 Å². The lowest BCUT2D eigenvalue weighted by atomic mass is 9.82. The smallest absolute Gasteiger partial charge is 0.297 e. The highest BCUT2D eigenvalue weighted by atomic mass is 16.6. The number of hydrogen-bond donors (Lipinski definition) is 1. The van der Waals surface area contributed by atoms with Gasteiger partial charge in [0.15, 0.2) is 0 Å². The number of nitriles is 1. The Morgan fingerprint density at radius 3 is 2.48 bits per heavy atom. The Balaban J connectivity index is 1.97. The van der Waals surface area contributed by atoms with Gasteiger partial charge in [0.05, 0.1) is 23.6 Å². The van der Waals surface area contributed by atoms with Crippen LogP contribution in [0, 0.1) is 21.4 Å². The van der Waals surface area contributed by atoms with Gasteiger partial charge < -0.3 is 9.84 Å². The number of fused-ring (bicyclic) bond motifs is 1. The molecule has 1 heterocycles. The maximum atomic E-state index is 13.0. The summed E-state index contributed by atoms with van der Waals surface area (Å²) in [6.07, 6.45) is -0.00565. The van der Waals surface area contributed by atoms with Crippen molar-refractivity contribution >= 4 is 5.76 Å². The van der Waals surface area contributed by atoms with Crippen LogP contribution in [0.4, 0.5) is 0 Å². The van der Waals surface area contributed by atoms with Gasteiger partial charge in [0.2, 0.25) is 5.76 Å². The lowest BCUT2D eigenvalue weighted by molar-refractivity contribution is -0.430. The van der Waals surface area contributed by atoms with Crippen molar-refractivity contribution in [1.29, 1.82) is 5.26 Å². The predicted molar refractivity (Wildman–Crippen MR) is 111 cm³/mol. The van der Waals surface area contributed by atoms with E-state index < -0.39 is 27.9 Å². The third-order valence-corrected chi connectivity index (χ3v) is 5.23. The second-order valence-electron chi connectivity index (χ2n) is 6.89. The maximum absolute atomic E-state index is 13.0. The number of rotatable bonds is 4. The lowest BCUT2D eigenvalue weighted by Crippen LogP contribution is -2.31. The molecule has 0 bridgehead atoms. The van der Waals surface area contributed by atoms with E-state index in [9.17, 15) is 25.3 Å². The van der Waals surface area contributed by atoms with Crippen molar-refractivity contribution in [2.45, 2.75) is 12.3 Å². The summed E-state index contributed by atoms with van der Waals surface area (Å²) in [5, 5.41) is 36.5. The molecule has 1 N–H and O–H groups in total. The van der Waals surface area contributed by atoms with Crippen LogP contribution < -0.4 is 10.3 Å². The van der Waals surface area contributed by atoms with Crippen LogP contribution in [0.15, 0.2) is 65.1 Å². The molecule has 0 saturated heterocycles. The number of methoxy groups -OCH3 is 1. The first kappa shape index (κ1) is 19.8. The van der Waals surface area contributed by atoms with Crippen LogP contribution in [0.2, 0.25) is 0 Å². The first-order valence-electron chi connectivity index (χ1n) is 9.29. The van der Waals surface area contributed by atoms with E-state index in [0.717, 1.165) is 4.68 Å². The summed E-state index contributed by atoms with van der Waals surface area (Å²) in [6.45, 7) is 0.